The summed E-state index contributed by atoms with van der Waals surface area (Å²) in [7, 11) is 0. The Morgan fingerprint density at radius 2 is 1.56 bits per heavy atom. The summed E-state index contributed by atoms with van der Waals surface area (Å²) in [6, 6.07) is 1.72. The highest BCUT2D eigenvalue weighted by Gasteiger charge is 2.31. The predicted molar refractivity (Wildman–Crippen MR) is 160 cm³/mol. The number of carbonyl (C=O) groups excluding carboxylic acids is 4. The van der Waals surface area contributed by atoms with Crippen molar-refractivity contribution in [1.82, 2.24) is 21.3 Å². The zero-order chi connectivity index (χ0) is 31.3. The maximum absolute atomic E-state index is 13.2. The number of benzene rings is 1. The third kappa shape index (κ3) is 14.7. The lowest BCUT2D eigenvalue weighted by atomic mass is 10.0. The molecule has 0 unspecified atom stereocenters. The fourth-order valence-corrected chi connectivity index (χ4v) is 4.36. The fourth-order valence-electron chi connectivity index (χ4n) is 3.60. The standard InChI is InChI=1S/C27H40Cl2N4O7S/c1-15(2)12-20(31-24(37)19(8-9-22(34)35)33-26(39)40-27(3,4)5)25(38)32-21(14-41)23(36)30-11-10-16-6-7-17(28)13-18(16)29/h6-7,13,15,19-21,41H,8-12,14H2,1-5H3,(H,30,36)(H,31,37)(H,32,38)(H,33,39)(H,34,35)/t19-,20-,21-/m0/s1. The van der Waals surface area contributed by atoms with Crippen molar-refractivity contribution < 1.29 is 33.8 Å². The number of amides is 4. The molecule has 0 aromatic heterocycles. The molecule has 1 rings (SSSR count). The van der Waals surface area contributed by atoms with E-state index in [2.05, 4.69) is 33.9 Å². The largest absolute Gasteiger partial charge is 0.481 e. The molecule has 0 aliphatic heterocycles. The molecule has 0 aliphatic carbocycles. The molecule has 0 fully saturated rings. The van der Waals surface area contributed by atoms with E-state index in [0.717, 1.165) is 5.56 Å². The van der Waals surface area contributed by atoms with Crippen LogP contribution in [0.2, 0.25) is 10.0 Å². The highest BCUT2D eigenvalue weighted by atomic mass is 35.5. The first kappa shape index (κ1) is 36.3. The first-order chi connectivity index (χ1) is 19.0. The number of nitrogens with one attached hydrogen (secondary N) is 4. The maximum Gasteiger partial charge on any atom is 0.408 e. The summed E-state index contributed by atoms with van der Waals surface area (Å²) in [6.07, 6.45) is -0.886. The number of carbonyl (C=O) groups is 5. The van der Waals surface area contributed by atoms with Gasteiger partial charge in [-0.1, -0.05) is 43.1 Å². The molecule has 11 nitrogen and oxygen atoms in total. The lowest BCUT2D eigenvalue weighted by molar-refractivity contribution is -0.137. The molecule has 0 bridgehead atoms. The minimum absolute atomic E-state index is 0.0109. The minimum Gasteiger partial charge on any atom is -0.481 e. The average Bonchev–Trinajstić information content (AvgIpc) is 2.84. The third-order valence-corrected chi connectivity index (χ3v) is 6.47. The summed E-state index contributed by atoms with van der Waals surface area (Å²) in [5.41, 5.74) is -0.0541. The Hall–Kier alpha value is -2.70. The predicted octanol–water partition coefficient (Wildman–Crippen LogP) is 3.36. The quantitative estimate of drug-likeness (QED) is 0.161. The van der Waals surface area contributed by atoms with Crippen LogP contribution in [0, 0.1) is 5.92 Å². The van der Waals surface area contributed by atoms with Crippen LogP contribution in [0.5, 0.6) is 0 Å². The van der Waals surface area contributed by atoms with Crippen LogP contribution in [-0.4, -0.2) is 70.9 Å². The molecule has 1 aromatic carbocycles. The second kappa shape index (κ2) is 17.3. The lowest BCUT2D eigenvalue weighted by Gasteiger charge is -2.26. The van der Waals surface area contributed by atoms with Crippen LogP contribution in [0.15, 0.2) is 18.2 Å². The van der Waals surface area contributed by atoms with Crippen LogP contribution in [0.4, 0.5) is 4.79 Å². The van der Waals surface area contributed by atoms with Crippen LogP contribution in [0.3, 0.4) is 0 Å². The van der Waals surface area contributed by atoms with Gasteiger partial charge in [0.25, 0.3) is 0 Å². The van der Waals surface area contributed by atoms with E-state index in [4.69, 9.17) is 33.0 Å². The van der Waals surface area contributed by atoms with Gasteiger partial charge < -0.3 is 31.1 Å². The summed E-state index contributed by atoms with van der Waals surface area (Å²) in [6.45, 7) is 8.86. The van der Waals surface area contributed by atoms with Crippen molar-refractivity contribution in [3.63, 3.8) is 0 Å². The molecular weight excluding hydrogens is 595 g/mol. The molecule has 0 saturated carbocycles. The highest BCUT2D eigenvalue weighted by molar-refractivity contribution is 7.80. The van der Waals surface area contributed by atoms with Crippen molar-refractivity contribution in [3.8, 4) is 0 Å². The van der Waals surface area contributed by atoms with Crippen molar-refractivity contribution in [3.05, 3.63) is 33.8 Å². The number of ether oxygens (including phenoxy) is 1. The van der Waals surface area contributed by atoms with Gasteiger partial charge in [-0.25, -0.2) is 4.79 Å². The van der Waals surface area contributed by atoms with E-state index in [-0.39, 0.29) is 31.1 Å². The lowest BCUT2D eigenvalue weighted by Crippen LogP contribution is -2.57. The number of thiol groups is 1. The van der Waals surface area contributed by atoms with Crippen LogP contribution >= 0.6 is 35.8 Å². The number of alkyl carbamates (subject to hydrolysis) is 1. The van der Waals surface area contributed by atoms with Gasteiger partial charge in [-0.3, -0.25) is 19.2 Å². The number of rotatable bonds is 15. The second-order valence-electron chi connectivity index (χ2n) is 10.8. The van der Waals surface area contributed by atoms with Crippen molar-refractivity contribution >= 4 is 65.6 Å². The molecule has 5 N–H and O–H groups in total. The van der Waals surface area contributed by atoms with Gasteiger partial charge in [0.15, 0.2) is 0 Å². The topological polar surface area (TPSA) is 163 Å². The van der Waals surface area contributed by atoms with Crippen molar-refractivity contribution in [2.24, 2.45) is 5.92 Å². The van der Waals surface area contributed by atoms with Crippen LogP contribution in [-0.2, 0) is 30.3 Å². The Balaban J connectivity index is 2.90. The number of halogens is 2. The van der Waals surface area contributed by atoms with Gasteiger partial charge in [-0.05, 0) is 63.6 Å². The van der Waals surface area contributed by atoms with Gasteiger partial charge in [0, 0.05) is 28.8 Å². The first-order valence-corrected chi connectivity index (χ1v) is 14.6. The Morgan fingerprint density at radius 3 is 2.10 bits per heavy atom. The molecule has 14 heteroatoms. The van der Waals surface area contributed by atoms with Gasteiger partial charge >= 0.3 is 12.1 Å². The van der Waals surface area contributed by atoms with E-state index in [9.17, 15) is 24.0 Å². The molecule has 230 valence electrons. The first-order valence-electron chi connectivity index (χ1n) is 13.2. The van der Waals surface area contributed by atoms with E-state index in [1.54, 1.807) is 39.0 Å². The number of hydrogen-bond donors (Lipinski definition) is 6. The Labute approximate surface area is 256 Å². The van der Waals surface area contributed by atoms with Crippen molar-refractivity contribution in [2.75, 3.05) is 12.3 Å². The SMILES string of the molecule is CC(C)C[C@H](NC(=O)[C@H](CCC(=O)O)NC(=O)OC(C)(C)C)C(=O)N[C@@H](CS)C(=O)NCCc1ccc(Cl)cc1Cl. The number of carboxylic acid groups (broad SMARTS) is 1. The number of hydrogen-bond acceptors (Lipinski definition) is 7. The number of aliphatic carboxylic acids is 1. The molecular formula is C27H40Cl2N4O7S. The van der Waals surface area contributed by atoms with E-state index >= 15 is 0 Å². The zero-order valence-corrected chi connectivity index (χ0v) is 26.3. The molecule has 0 spiro atoms. The fraction of sp³-hybridized carbons (Fsp3) is 0.593. The van der Waals surface area contributed by atoms with Crippen LogP contribution in [0.1, 0.15) is 59.4 Å². The van der Waals surface area contributed by atoms with Crippen molar-refractivity contribution in [1.29, 1.82) is 0 Å². The van der Waals surface area contributed by atoms with Gasteiger partial charge in [-0.2, -0.15) is 12.6 Å². The second-order valence-corrected chi connectivity index (χ2v) is 12.1. The summed E-state index contributed by atoms with van der Waals surface area (Å²) in [4.78, 5) is 62.5. The summed E-state index contributed by atoms with van der Waals surface area (Å²) < 4.78 is 5.18. The molecule has 4 amide bonds. The monoisotopic (exact) mass is 634 g/mol. The Kier molecular flexibility index (Phi) is 15.3. The maximum atomic E-state index is 13.2. The zero-order valence-electron chi connectivity index (χ0n) is 23.9. The average molecular weight is 636 g/mol. The molecule has 0 saturated heterocycles. The van der Waals surface area contributed by atoms with E-state index in [0.29, 0.717) is 16.5 Å². The van der Waals surface area contributed by atoms with Gasteiger partial charge in [0.2, 0.25) is 17.7 Å². The molecule has 0 radical (unpaired) electrons. The van der Waals surface area contributed by atoms with Crippen LogP contribution < -0.4 is 21.3 Å². The van der Waals surface area contributed by atoms with E-state index in [1.807, 2.05) is 13.8 Å². The minimum atomic E-state index is -1.27. The van der Waals surface area contributed by atoms with Crippen LogP contribution in [0.25, 0.3) is 0 Å². The van der Waals surface area contributed by atoms with Gasteiger partial charge in [0.1, 0.15) is 23.7 Å². The smallest absolute Gasteiger partial charge is 0.408 e. The van der Waals surface area contributed by atoms with Gasteiger partial charge in [-0.15, -0.1) is 0 Å². The molecule has 0 aliphatic rings. The normalized spacial score (nSPS) is 13.5. The Bertz CT molecular complexity index is 1080. The summed E-state index contributed by atoms with van der Waals surface area (Å²) in [5, 5.41) is 20.4. The Morgan fingerprint density at radius 1 is 0.951 bits per heavy atom. The summed E-state index contributed by atoms with van der Waals surface area (Å²) in [5.74, 6) is -3.07. The third-order valence-electron chi connectivity index (χ3n) is 5.52. The van der Waals surface area contributed by atoms with Crippen molar-refractivity contribution in [2.45, 2.75) is 84.0 Å². The van der Waals surface area contributed by atoms with E-state index in [1.165, 1.54) is 0 Å². The molecule has 3 atom stereocenters. The highest BCUT2D eigenvalue weighted by Crippen LogP contribution is 2.21. The molecule has 0 heterocycles. The molecule has 41 heavy (non-hydrogen) atoms. The van der Waals surface area contributed by atoms with Gasteiger partial charge in [0.05, 0.1) is 0 Å². The number of carboxylic acids is 1. The molecule has 1 aromatic rings. The van der Waals surface area contributed by atoms with E-state index < -0.39 is 59.9 Å². The summed E-state index contributed by atoms with van der Waals surface area (Å²) >= 11 is 16.3.